The Labute approximate surface area is 72.8 Å². The second-order valence-electron chi connectivity index (χ2n) is 3.13. The zero-order valence-electron chi connectivity index (χ0n) is 7.66. The highest BCUT2D eigenvalue weighted by molar-refractivity contribution is 5.76. The molecule has 0 bridgehead atoms. The normalized spacial score (nSPS) is 23.9. The average molecular weight is 172 g/mol. The standard InChI is InChI=1S/C8H16N2O2/c1-3-7-6-10(4-5-11)8(12)9(7)2/h7,11H,3-6H2,1-2H3. The van der Waals surface area contributed by atoms with Crippen LogP contribution in [0.25, 0.3) is 0 Å². The van der Waals surface area contributed by atoms with E-state index in [1.807, 2.05) is 7.05 Å². The van der Waals surface area contributed by atoms with Crippen molar-refractivity contribution in [3.63, 3.8) is 0 Å². The molecule has 1 fully saturated rings. The first-order chi connectivity index (χ1) is 5.70. The molecule has 1 aliphatic heterocycles. The number of hydrogen-bond donors (Lipinski definition) is 1. The summed E-state index contributed by atoms with van der Waals surface area (Å²) in [5.41, 5.74) is 0. The maximum absolute atomic E-state index is 11.4. The smallest absolute Gasteiger partial charge is 0.320 e. The van der Waals surface area contributed by atoms with Crippen molar-refractivity contribution in [3.05, 3.63) is 0 Å². The highest BCUT2D eigenvalue weighted by Gasteiger charge is 2.32. The van der Waals surface area contributed by atoms with Crippen molar-refractivity contribution < 1.29 is 9.90 Å². The molecule has 0 spiro atoms. The number of urea groups is 1. The summed E-state index contributed by atoms with van der Waals surface area (Å²) in [5.74, 6) is 0. The van der Waals surface area contributed by atoms with Crippen molar-refractivity contribution in [1.29, 1.82) is 0 Å². The molecule has 2 amide bonds. The quantitative estimate of drug-likeness (QED) is 0.657. The van der Waals surface area contributed by atoms with Gasteiger partial charge in [0.1, 0.15) is 0 Å². The minimum Gasteiger partial charge on any atom is -0.395 e. The first-order valence-corrected chi connectivity index (χ1v) is 4.33. The molecule has 1 atom stereocenters. The molecule has 0 aliphatic carbocycles. The minimum absolute atomic E-state index is 0.0379. The fraction of sp³-hybridized carbons (Fsp3) is 0.875. The molecule has 1 saturated heterocycles. The number of nitrogens with zero attached hydrogens (tertiary/aromatic N) is 2. The third-order valence-electron chi connectivity index (χ3n) is 2.39. The van der Waals surface area contributed by atoms with Gasteiger partial charge in [0.25, 0.3) is 0 Å². The molecule has 4 nitrogen and oxygen atoms in total. The van der Waals surface area contributed by atoms with Gasteiger partial charge in [0, 0.05) is 20.1 Å². The van der Waals surface area contributed by atoms with E-state index in [9.17, 15) is 4.79 Å². The van der Waals surface area contributed by atoms with Gasteiger partial charge in [0.2, 0.25) is 0 Å². The van der Waals surface area contributed by atoms with Crippen molar-refractivity contribution in [2.75, 3.05) is 26.7 Å². The Balaban J connectivity index is 2.54. The third kappa shape index (κ3) is 1.53. The Morgan fingerprint density at radius 2 is 2.33 bits per heavy atom. The lowest BCUT2D eigenvalue weighted by Gasteiger charge is -2.15. The molecule has 1 rings (SSSR count). The van der Waals surface area contributed by atoms with Crippen molar-refractivity contribution in [2.24, 2.45) is 0 Å². The van der Waals surface area contributed by atoms with E-state index in [4.69, 9.17) is 5.11 Å². The van der Waals surface area contributed by atoms with Gasteiger partial charge in [-0.3, -0.25) is 0 Å². The van der Waals surface area contributed by atoms with Crippen LogP contribution in [0.2, 0.25) is 0 Å². The van der Waals surface area contributed by atoms with Crippen molar-refractivity contribution in [3.8, 4) is 0 Å². The molecule has 0 aromatic rings. The summed E-state index contributed by atoms with van der Waals surface area (Å²) in [5, 5.41) is 8.68. The summed E-state index contributed by atoms with van der Waals surface area (Å²) in [6, 6.07) is 0.361. The van der Waals surface area contributed by atoms with E-state index in [2.05, 4.69) is 6.92 Å². The van der Waals surface area contributed by atoms with E-state index in [-0.39, 0.29) is 12.6 Å². The molecule has 1 N–H and O–H groups in total. The number of likely N-dealkylation sites (N-methyl/N-ethyl adjacent to an activating group) is 1. The summed E-state index contributed by atoms with van der Waals surface area (Å²) in [6.45, 7) is 3.33. The van der Waals surface area contributed by atoms with Crippen LogP contribution in [0.4, 0.5) is 4.79 Å². The lowest BCUT2D eigenvalue weighted by atomic mass is 10.2. The fourth-order valence-corrected chi connectivity index (χ4v) is 1.54. The Morgan fingerprint density at radius 1 is 1.67 bits per heavy atom. The summed E-state index contributed by atoms with van der Waals surface area (Å²) in [7, 11) is 1.81. The summed E-state index contributed by atoms with van der Waals surface area (Å²) in [6.07, 6.45) is 0.976. The molecule has 1 aliphatic rings. The SMILES string of the molecule is CCC1CN(CCO)C(=O)N1C. The lowest BCUT2D eigenvalue weighted by molar-refractivity contribution is 0.182. The number of aliphatic hydroxyl groups is 1. The highest BCUT2D eigenvalue weighted by Crippen LogP contribution is 2.15. The van der Waals surface area contributed by atoms with E-state index in [1.54, 1.807) is 9.80 Å². The summed E-state index contributed by atoms with van der Waals surface area (Å²) < 4.78 is 0. The first kappa shape index (κ1) is 9.32. The largest absolute Gasteiger partial charge is 0.395 e. The lowest BCUT2D eigenvalue weighted by Crippen LogP contribution is -2.32. The van der Waals surface area contributed by atoms with Crippen LogP contribution in [0.5, 0.6) is 0 Å². The molecular formula is C8H16N2O2. The topological polar surface area (TPSA) is 43.8 Å². The van der Waals surface area contributed by atoms with Crippen LogP contribution in [0, 0.1) is 0 Å². The number of hydrogen-bond acceptors (Lipinski definition) is 2. The van der Waals surface area contributed by atoms with Crippen LogP contribution in [-0.4, -0.2) is 53.7 Å². The Kier molecular flexibility index (Phi) is 2.92. The zero-order chi connectivity index (χ0) is 9.14. The molecule has 1 heterocycles. The number of carbonyl (C=O) groups excluding carboxylic acids is 1. The van der Waals surface area contributed by atoms with Gasteiger partial charge in [-0.05, 0) is 6.42 Å². The molecule has 0 aromatic heterocycles. The van der Waals surface area contributed by atoms with Crippen molar-refractivity contribution >= 4 is 6.03 Å². The van der Waals surface area contributed by atoms with Crippen LogP contribution < -0.4 is 0 Å². The maximum atomic E-state index is 11.4. The summed E-state index contributed by atoms with van der Waals surface area (Å²) >= 11 is 0. The van der Waals surface area contributed by atoms with Gasteiger partial charge in [-0.15, -0.1) is 0 Å². The van der Waals surface area contributed by atoms with E-state index in [1.165, 1.54) is 0 Å². The predicted octanol–water partition coefficient (Wildman–Crippen LogP) is 0.125. The molecule has 70 valence electrons. The van der Waals surface area contributed by atoms with Crippen LogP contribution in [0.15, 0.2) is 0 Å². The van der Waals surface area contributed by atoms with Gasteiger partial charge in [-0.2, -0.15) is 0 Å². The average Bonchev–Trinajstić information content (AvgIpc) is 2.33. The highest BCUT2D eigenvalue weighted by atomic mass is 16.3. The van der Waals surface area contributed by atoms with Gasteiger partial charge in [0.15, 0.2) is 0 Å². The van der Waals surface area contributed by atoms with Crippen molar-refractivity contribution in [2.45, 2.75) is 19.4 Å². The van der Waals surface area contributed by atoms with E-state index in [0.29, 0.717) is 12.6 Å². The number of amides is 2. The molecule has 4 heteroatoms. The monoisotopic (exact) mass is 172 g/mol. The van der Waals surface area contributed by atoms with Crippen LogP contribution in [0.1, 0.15) is 13.3 Å². The second kappa shape index (κ2) is 3.76. The summed E-state index contributed by atoms with van der Waals surface area (Å²) in [4.78, 5) is 14.8. The first-order valence-electron chi connectivity index (χ1n) is 4.33. The molecule has 0 saturated carbocycles. The third-order valence-corrected chi connectivity index (χ3v) is 2.39. The van der Waals surface area contributed by atoms with Crippen molar-refractivity contribution in [1.82, 2.24) is 9.80 Å². The van der Waals surface area contributed by atoms with E-state index < -0.39 is 0 Å². The van der Waals surface area contributed by atoms with E-state index >= 15 is 0 Å². The number of carbonyl (C=O) groups is 1. The van der Waals surface area contributed by atoms with Gasteiger partial charge < -0.3 is 14.9 Å². The fourth-order valence-electron chi connectivity index (χ4n) is 1.54. The predicted molar refractivity (Wildman–Crippen MR) is 45.9 cm³/mol. The van der Waals surface area contributed by atoms with Gasteiger partial charge in [-0.25, -0.2) is 4.79 Å². The van der Waals surface area contributed by atoms with Gasteiger partial charge in [0.05, 0.1) is 12.6 Å². The molecular weight excluding hydrogens is 156 g/mol. The van der Waals surface area contributed by atoms with E-state index in [0.717, 1.165) is 13.0 Å². The van der Waals surface area contributed by atoms with Crippen LogP contribution in [0.3, 0.4) is 0 Å². The number of β-amino-alcohol motifs (C(OH)–C–C–N with tert-alkyl or cyclic N) is 1. The second-order valence-corrected chi connectivity index (χ2v) is 3.13. The maximum Gasteiger partial charge on any atom is 0.320 e. The zero-order valence-corrected chi connectivity index (χ0v) is 7.66. The molecule has 1 unspecified atom stereocenters. The number of rotatable bonds is 3. The Morgan fingerprint density at radius 3 is 2.75 bits per heavy atom. The molecule has 0 radical (unpaired) electrons. The van der Waals surface area contributed by atoms with Gasteiger partial charge >= 0.3 is 6.03 Å². The number of aliphatic hydroxyl groups excluding tert-OH is 1. The Hall–Kier alpha value is -0.770. The minimum atomic E-state index is 0.0379. The molecule has 12 heavy (non-hydrogen) atoms. The van der Waals surface area contributed by atoms with Crippen LogP contribution in [-0.2, 0) is 0 Å². The van der Waals surface area contributed by atoms with Gasteiger partial charge in [-0.1, -0.05) is 6.92 Å². The van der Waals surface area contributed by atoms with Crippen LogP contribution >= 0.6 is 0 Å². The Bertz CT molecular complexity index is 172. The molecule has 0 aromatic carbocycles.